The number of thioether (sulfide) groups is 1. The van der Waals surface area contributed by atoms with Crippen LogP contribution in [0.5, 0.6) is 0 Å². The largest absolute Gasteiger partial charge is 0.362 e. The van der Waals surface area contributed by atoms with E-state index in [9.17, 15) is 4.79 Å². The Kier molecular flexibility index (Phi) is 7.36. The van der Waals surface area contributed by atoms with Crippen LogP contribution in [0.3, 0.4) is 0 Å². The zero-order valence-electron chi connectivity index (χ0n) is 13.1. The first-order chi connectivity index (χ1) is 11.5. The van der Waals surface area contributed by atoms with Gasteiger partial charge >= 0.3 is 0 Å². The van der Waals surface area contributed by atoms with Crippen molar-refractivity contribution in [2.24, 2.45) is 0 Å². The summed E-state index contributed by atoms with van der Waals surface area (Å²) in [7, 11) is 0. The molecule has 3 N–H and O–H groups in total. The van der Waals surface area contributed by atoms with E-state index in [0.717, 1.165) is 28.7 Å². The summed E-state index contributed by atoms with van der Waals surface area (Å²) in [6, 6.07) is 15.1. The Bertz CT molecular complexity index is 690. The second kappa shape index (κ2) is 9.52. The van der Waals surface area contributed by atoms with Crippen LogP contribution in [0.1, 0.15) is 6.92 Å². The number of hydrogen-bond acceptors (Lipinski definition) is 3. The van der Waals surface area contributed by atoms with Crippen LogP contribution in [-0.2, 0) is 4.79 Å². The fourth-order valence-electron chi connectivity index (χ4n) is 1.88. The molecule has 24 heavy (non-hydrogen) atoms. The number of rotatable bonds is 6. The quantitative estimate of drug-likeness (QED) is 0.395. The van der Waals surface area contributed by atoms with Crippen LogP contribution in [-0.4, -0.2) is 23.3 Å². The molecule has 4 nitrogen and oxygen atoms in total. The molecule has 2 aromatic rings. The van der Waals surface area contributed by atoms with E-state index in [0.29, 0.717) is 5.11 Å². The molecule has 0 aliphatic rings. The lowest BCUT2D eigenvalue weighted by Crippen LogP contribution is -2.30. The number of hydrogen-bond donors (Lipinski definition) is 3. The molecule has 0 saturated carbocycles. The van der Waals surface area contributed by atoms with Crippen molar-refractivity contribution in [3.05, 3.63) is 53.6 Å². The lowest BCUT2D eigenvalue weighted by molar-refractivity contribution is -0.114. The van der Waals surface area contributed by atoms with E-state index in [2.05, 4.69) is 16.0 Å². The molecule has 0 radical (unpaired) electrons. The average Bonchev–Trinajstić information content (AvgIpc) is 2.55. The Morgan fingerprint density at radius 3 is 2.21 bits per heavy atom. The molecule has 0 aromatic heterocycles. The maximum Gasteiger partial charge on any atom is 0.221 e. The highest BCUT2D eigenvalue weighted by Crippen LogP contribution is 2.19. The van der Waals surface area contributed by atoms with Gasteiger partial charge in [0.1, 0.15) is 0 Å². The monoisotopic (exact) mass is 379 g/mol. The van der Waals surface area contributed by atoms with E-state index in [1.807, 2.05) is 48.5 Å². The third-order valence-electron chi connectivity index (χ3n) is 2.93. The first kappa shape index (κ1) is 18.6. The standard InChI is InChI=1S/C17H18ClN3OS2/c1-12(22)20-14-4-6-15(7-5-14)21-17(23)19-10-11-24-16-8-2-13(18)3-9-16/h2-9H,10-11H2,1H3,(H,20,22)(H2,19,21,23). The summed E-state index contributed by atoms with van der Waals surface area (Å²) in [6.07, 6.45) is 0. The van der Waals surface area contributed by atoms with Crippen LogP contribution in [0.25, 0.3) is 0 Å². The van der Waals surface area contributed by atoms with Gasteiger partial charge in [-0.3, -0.25) is 4.79 Å². The molecule has 0 heterocycles. The van der Waals surface area contributed by atoms with Gasteiger partial charge in [-0.05, 0) is 60.7 Å². The van der Waals surface area contributed by atoms with Crippen LogP contribution in [0.15, 0.2) is 53.4 Å². The number of thiocarbonyl (C=S) groups is 1. The third kappa shape index (κ3) is 6.78. The molecule has 7 heteroatoms. The van der Waals surface area contributed by atoms with E-state index < -0.39 is 0 Å². The predicted octanol–water partition coefficient (Wildman–Crippen LogP) is 4.38. The van der Waals surface area contributed by atoms with Gasteiger partial charge in [0.05, 0.1) is 0 Å². The number of anilines is 2. The number of carbonyl (C=O) groups is 1. The summed E-state index contributed by atoms with van der Waals surface area (Å²) in [6.45, 7) is 2.23. The Morgan fingerprint density at radius 2 is 1.62 bits per heavy atom. The summed E-state index contributed by atoms with van der Waals surface area (Å²) in [5, 5.41) is 10.3. The van der Waals surface area contributed by atoms with Crippen LogP contribution < -0.4 is 16.0 Å². The Hall–Kier alpha value is -1.76. The van der Waals surface area contributed by atoms with Gasteiger partial charge in [-0.15, -0.1) is 11.8 Å². The van der Waals surface area contributed by atoms with Crippen molar-refractivity contribution >= 4 is 58.0 Å². The summed E-state index contributed by atoms with van der Waals surface area (Å²) in [5.74, 6) is 0.802. The Morgan fingerprint density at radius 1 is 1.04 bits per heavy atom. The first-order valence-electron chi connectivity index (χ1n) is 7.34. The molecule has 126 valence electrons. The van der Waals surface area contributed by atoms with Crippen molar-refractivity contribution in [3.63, 3.8) is 0 Å². The van der Waals surface area contributed by atoms with Crippen molar-refractivity contribution in [2.75, 3.05) is 22.9 Å². The van der Waals surface area contributed by atoms with Crippen molar-refractivity contribution in [3.8, 4) is 0 Å². The molecule has 0 spiro atoms. The minimum absolute atomic E-state index is 0.0916. The number of amides is 1. The third-order valence-corrected chi connectivity index (χ3v) is 4.45. The molecule has 0 aliphatic carbocycles. The van der Waals surface area contributed by atoms with Gasteiger partial charge in [0.15, 0.2) is 5.11 Å². The second-order valence-corrected chi connectivity index (χ2v) is 6.95. The van der Waals surface area contributed by atoms with Gasteiger partial charge in [0.25, 0.3) is 0 Å². The highest BCUT2D eigenvalue weighted by molar-refractivity contribution is 7.99. The Labute approximate surface area is 156 Å². The van der Waals surface area contributed by atoms with Crippen molar-refractivity contribution in [1.82, 2.24) is 5.32 Å². The predicted molar refractivity (Wildman–Crippen MR) is 107 cm³/mol. The van der Waals surface area contributed by atoms with Crippen molar-refractivity contribution < 1.29 is 4.79 Å². The Balaban J connectivity index is 1.69. The molecule has 2 aromatic carbocycles. The van der Waals surface area contributed by atoms with Crippen molar-refractivity contribution in [2.45, 2.75) is 11.8 Å². The van der Waals surface area contributed by atoms with Crippen LogP contribution in [0, 0.1) is 0 Å². The maximum atomic E-state index is 11.0. The van der Waals surface area contributed by atoms with Gasteiger partial charge in [-0.2, -0.15) is 0 Å². The first-order valence-corrected chi connectivity index (χ1v) is 9.11. The SMILES string of the molecule is CC(=O)Nc1ccc(NC(=S)NCCSc2ccc(Cl)cc2)cc1. The molecule has 0 fully saturated rings. The normalized spacial score (nSPS) is 10.1. The lowest BCUT2D eigenvalue weighted by atomic mass is 10.3. The highest BCUT2D eigenvalue weighted by atomic mass is 35.5. The van der Waals surface area contributed by atoms with Crippen LogP contribution >= 0.6 is 35.6 Å². The fourth-order valence-corrected chi connectivity index (χ4v) is 2.99. The van der Waals surface area contributed by atoms with E-state index in [1.165, 1.54) is 11.8 Å². The average molecular weight is 380 g/mol. The topological polar surface area (TPSA) is 53.2 Å². The highest BCUT2D eigenvalue weighted by Gasteiger charge is 2.00. The zero-order valence-corrected chi connectivity index (χ0v) is 15.5. The molecule has 2 rings (SSSR count). The molecule has 0 unspecified atom stereocenters. The molecular weight excluding hydrogens is 362 g/mol. The second-order valence-electron chi connectivity index (χ2n) is 4.94. The number of benzene rings is 2. The minimum atomic E-state index is -0.0916. The number of nitrogens with one attached hydrogen (secondary N) is 3. The summed E-state index contributed by atoms with van der Waals surface area (Å²) in [4.78, 5) is 12.2. The lowest BCUT2D eigenvalue weighted by Gasteiger charge is -2.11. The maximum absolute atomic E-state index is 11.0. The smallest absolute Gasteiger partial charge is 0.221 e. The summed E-state index contributed by atoms with van der Waals surface area (Å²) < 4.78 is 0. The van der Waals surface area contributed by atoms with Crippen LogP contribution in [0.2, 0.25) is 5.02 Å². The van der Waals surface area contributed by atoms with Gasteiger partial charge in [-0.25, -0.2) is 0 Å². The summed E-state index contributed by atoms with van der Waals surface area (Å²) >= 11 is 12.9. The minimum Gasteiger partial charge on any atom is -0.362 e. The van der Waals surface area contributed by atoms with Crippen LogP contribution in [0.4, 0.5) is 11.4 Å². The fraction of sp³-hybridized carbons (Fsp3) is 0.176. The van der Waals surface area contributed by atoms with Gasteiger partial charge in [0, 0.05) is 40.5 Å². The van der Waals surface area contributed by atoms with Gasteiger partial charge < -0.3 is 16.0 Å². The van der Waals surface area contributed by atoms with E-state index in [4.69, 9.17) is 23.8 Å². The van der Waals surface area contributed by atoms with Gasteiger partial charge in [-0.1, -0.05) is 11.6 Å². The molecule has 0 aliphatic heterocycles. The molecule has 0 bridgehead atoms. The molecular formula is C17H18ClN3OS2. The van der Waals surface area contributed by atoms with Crippen molar-refractivity contribution in [1.29, 1.82) is 0 Å². The van der Waals surface area contributed by atoms with E-state index in [1.54, 1.807) is 11.8 Å². The molecule has 1 amide bonds. The number of halogens is 1. The number of carbonyl (C=O) groups excluding carboxylic acids is 1. The van der Waals surface area contributed by atoms with Gasteiger partial charge in [0.2, 0.25) is 5.91 Å². The van der Waals surface area contributed by atoms with E-state index >= 15 is 0 Å². The molecule has 0 saturated heterocycles. The zero-order chi connectivity index (χ0) is 17.4. The van der Waals surface area contributed by atoms with E-state index in [-0.39, 0.29) is 5.91 Å². The molecule has 0 atom stereocenters. The summed E-state index contributed by atoms with van der Waals surface area (Å²) in [5.41, 5.74) is 1.62.